The van der Waals surface area contributed by atoms with Crippen LogP contribution in [0.4, 0.5) is 5.69 Å². The lowest BCUT2D eigenvalue weighted by molar-refractivity contribution is -0.121. The van der Waals surface area contributed by atoms with Crippen LogP contribution in [-0.4, -0.2) is 5.91 Å². The van der Waals surface area contributed by atoms with Gasteiger partial charge in [-0.1, -0.05) is 6.42 Å². The summed E-state index contributed by atoms with van der Waals surface area (Å²) in [6.45, 7) is 0. The van der Waals surface area contributed by atoms with Crippen LogP contribution in [0, 0.1) is 21.3 Å². The molecule has 0 unspecified atom stereocenters. The summed E-state index contributed by atoms with van der Waals surface area (Å²) in [5.41, 5.74) is 0.929. The molecule has 2 nitrogen and oxygen atoms in total. The molecular formula is C14H16INO. The molecule has 1 N–H and O–H groups in total. The number of amides is 1. The van der Waals surface area contributed by atoms with Crippen LogP contribution < -0.4 is 5.32 Å². The van der Waals surface area contributed by atoms with E-state index in [1.807, 2.05) is 24.3 Å². The van der Waals surface area contributed by atoms with Crippen molar-refractivity contribution >= 4 is 34.2 Å². The van der Waals surface area contributed by atoms with Gasteiger partial charge in [-0.2, -0.15) is 0 Å². The van der Waals surface area contributed by atoms with Crippen LogP contribution in [0.3, 0.4) is 0 Å². The van der Waals surface area contributed by atoms with Gasteiger partial charge in [-0.15, -0.1) is 0 Å². The Hall–Kier alpha value is -0.580. The van der Waals surface area contributed by atoms with Crippen LogP contribution in [0.15, 0.2) is 24.3 Å². The summed E-state index contributed by atoms with van der Waals surface area (Å²) in [5.74, 6) is 1.99. The number of benzene rings is 1. The van der Waals surface area contributed by atoms with Gasteiger partial charge in [0.05, 0.1) is 0 Å². The first-order valence-electron chi connectivity index (χ1n) is 6.29. The summed E-state index contributed by atoms with van der Waals surface area (Å²) in [4.78, 5) is 12.2. The predicted octanol–water partition coefficient (Wildman–Crippen LogP) is 3.67. The van der Waals surface area contributed by atoms with Crippen molar-refractivity contribution in [2.45, 2.75) is 25.7 Å². The fourth-order valence-corrected chi connectivity index (χ4v) is 3.69. The standard InChI is InChI=1S/C14H16INO/c15-11-3-5-12(6-4-11)16-14(17)13-8-9-1-2-10(13)7-9/h3-6,9-10,13H,1-2,7-8H2,(H,16,17)/t9-,10+,13+/m0/s1. The van der Waals surface area contributed by atoms with Gasteiger partial charge in [0.2, 0.25) is 5.91 Å². The fraction of sp³-hybridized carbons (Fsp3) is 0.500. The first kappa shape index (κ1) is 11.5. The van der Waals surface area contributed by atoms with E-state index in [-0.39, 0.29) is 11.8 Å². The van der Waals surface area contributed by atoms with Gasteiger partial charge in [-0.3, -0.25) is 4.79 Å². The Morgan fingerprint density at radius 1 is 1.18 bits per heavy atom. The molecular weight excluding hydrogens is 325 g/mol. The summed E-state index contributed by atoms with van der Waals surface area (Å²) in [6.07, 6.45) is 5.00. The third kappa shape index (κ3) is 2.34. The largest absolute Gasteiger partial charge is 0.326 e. The molecule has 3 atom stereocenters. The number of fused-ring (bicyclic) bond motifs is 2. The second-order valence-corrected chi connectivity index (χ2v) is 6.52. The van der Waals surface area contributed by atoms with E-state index in [1.54, 1.807) is 0 Å². The molecule has 0 heterocycles. The van der Waals surface area contributed by atoms with E-state index in [0.29, 0.717) is 5.92 Å². The lowest BCUT2D eigenvalue weighted by Crippen LogP contribution is -2.27. The minimum atomic E-state index is 0.235. The predicted molar refractivity (Wildman–Crippen MR) is 76.7 cm³/mol. The van der Waals surface area contributed by atoms with Crippen LogP contribution in [0.1, 0.15) is 25.7 Å². The minimum Gasteiger partial charge on any atom is -0.326 e. The average molecular weight is 341 g/mol. The third-order valence-electron chi connectivity index (χ3n) is 4.19. The number of carbonyl (C=O) groups excluding carboxylic acids is 1. The van der Waals surface area contributed by atoms with Crippen molar-refractivity contribution in [1.82, 2.24) is 0 Å². The topological polar surface area (TPSA) is 29.1 Å². The van der Waals surface area contributed by atoms with E-state index in [4.69, 9.17) is 0 Å². The summed E-state index contributed by atoms with van der Waals surface area (Å²) in [7, 11) is 0. The van der Waals surface area contributed by atoms with Crippen molar-refractivity contribution < 1.29 is 4.79 Å². The van der Waals surface area contributed by atoms with Gasteiger partial charge >= 0.3 is 0 Å². The minimum absolute atomic E-state index is 0.235. The molecule has 2 bridgehead atoms. The smallest absolute Gasteiger partial charge is 0.227 e. The Morgan fingerprint density at radius 3 is 2.53 bits per heavy atom. The highest BCUT2D eigenvalue weighted by Crippen LogP contribution is 2.48. The molecule has 0 spiro atoms. The molecule has 2 fully saturated rings. The average Bonchev–Trinajstić information content (AvgIpc) is 2.94. The highest BCUT2D eigenvalue weighted by atomic mass is 127. The van der Waals surface area contributed by atoms with E-state index >= 15 is 0 Å². The maximum Gasteiger partial charge on any atom is 0.227 e. The summed E-state index contributed by atoms with van der Waals surface area (Å²) in [6, 6.07) is 8.01. The molecule has 3 rings (SSSR count). The Kier molecular flexibility index (Phi) is 3.11. The van der Waals surface area contributed by atoms with Gasteiger partial charge in [0.15, 0.2) is 0 Å². The lowest BCUT2D eigenvalue weighted by Gasteiger charge is -2.20. The van der Waals surface area contributed by atoms with Crippen molar-refractivity contribution in [3.8, 4) is 0 Å². The molecule has 90 valence electrons. The number of anilines is 1. The van der Waals surface area contributed by atoms with E-state index in [2.05, 4.69) is 27.9 Å². The van der Waals surface area contributed by atoms with Crippen LogP contribution in [0.25, 0.3) is 0 Å². The van der Waals surface area contributed by atoms with Crippen molar-refractivity contribution in [2.75, 3.05) is 5.32 Å². The van der Waals surface area contributed by atoms with Gasteiger partial charge < -0.3 is 5.32 Å². The molecule has 2 aliphatic carbocycles. The van der Waals surface area contributed by atoms with Crippen LogP contribution >= 0.6 is 22.6 Å². The number of carbonyl (C=O) groups is 1. The van der Waals surface area contributed by atoms with Crippen molar-refractivity contribution in [1.29, 1.82) is 0 Å². The molecule has 2 saturated carbocycles. The Morgan fingerprint density at radius 2 is 1.94 bits per heavy atom. The molecule has 3 heteroatoms. The number of hydrogen-bond acceptors (Lipinski definition) is 1. The molecule has 0 aromatic heterocycles. The second-order valence-electron chi connectivity index (χ2n) is 5.28. The van der Waals surface area contributed by atoms with Gasteiger partial charge in [0.25, 0.3) is 0 Å². The maximum absolute atomic E-state index is 12.2. The van der Waals surface area contributed by atoms with Crippen LogP contribution in [-0.2, 0) is 4.79 Å². The molecule has 1 amide bonds. The number of rotatable bonds is 2. The zero-order valence-corrected chi connectivity index (χ0v) is 11.8. The first-order valence-corrected chi connectivity index (χ1v) is 7.36. The van der Waals surface area contributed by atoms with Crippen LogP contribution in [0.5, 0.6) is 0 Å². The number of nitrogens with one attached hydrogen (secondary N) is 1. The molecule has 1 aromatic rings. The fourth-order valence-electron chi connectivity index (χ4n) is 3.33. The van der Waals surface area contributed by atoms with Crippen molar-refractivity contribution in [3.05, 3.63) is 27.8 Å². The summed E-state index contributed by atoms with van der Waals surface area (Å²) in [5, 5.41) is 3.05. The monoisotopic (exact) mass is 341 g/mol. The van der Waals surface area contributed by atoms with Gasteiger partial charge in [-0.05, 0) is 78.0 Å². The van der Waals surface area contributed by atoms with E-state index in [1.165, 1.54) is 22.8 Å². The Bertz CT molecular complexity index is 428. The first-order chi connectivity index (χ1) is 8.22. The molecule has 0 radical (unpaired) electrons. The second kappa shape index (κ2) is 4.59. The Labute approximate surface area is 115 Å². The highest BCUT2D eigenvalue weighted by Gasteiger charge is 2.42. The van der Waals surface area contributed by atoms with Crippen molar-refractivity contribution in [3.63, 3.8) is 0 Å². The number of hydrogen-bond donors (Lipinski definition) is 1. The highest BCUT2D eigenvalue weighted by molar-refractivity contribution is 14.1. The van der Waals surface area contributed by atoms with Gasteiger partial charge in [0, 0.05) is 15.2 Å². The normalized spacial score (nSPS) is 30.5. The zero-order chi connectivity index (χ0) is 11.8. The zero-order valence-electron chi connectivity index (χ0n) is 9.66. The Balaban J connectivity index is 1.65. The van der Waals surface area contributed by atoms with E-state index in [9.17, 15) is 4.79 Å². The van der Waals surface area contributed by atoms with Crippen LogP contribution in [0.2, 0.25) is 0 Å². The molecule has 0 aliphatic heterocycles. The molecule has 2 aliphatic rings. The lowest BCUT2D eigenvalue weighted by atomic mass is 9.88. The maximum atomic E-state index is 12.2. The van der Waals surface area contributed by atoms with Gasteiger partial charge in [-0.25, -0.2) is 0 Å². The quantitative estimate of drug-likeness (QED) is 0.818. The van der Waals surface area contributed by atoms with E-state index in [0.717, 1.165) is 18.0 Å². The molecule has 0 saturated heterocycles. The molecule has 17 heavy (non-hydrogen) atoms. The van der Waals surface area contributed by atoms with Gasteiger partial charge in [0.1, 0.15) is 0 Å². The van der Waals surface area contributed by atoms with E-state index < -0.39 is 0 Å². The number of halogens is 1. The third-order valence-corrected chi connectivity index (χ3v) is 4.91. The van der Waals surface area contributed by atoms with Crippen molar-refractivity contribution in [2.24, 2.45) is 17.8 Å². The summed E-state index contributed by atoms with van der Waals surface area (Å²) >= 11 is 2.27. The molecule has 1 aromatic carbocycles. The summed E-state index contributed by atoms with van der Waals surface area (Å²) < 4.78 is 1.19. The SMILES string of the molecule is O=C(Nc1ccc(I)cc1)[C@@H]1C[C@H]2CC[C@@H]1C2.